The van der Waals surface area contributed by atoms with Crippen LogP contribution in [0, 0.1) is 13.8 Å². The Morgan fingerprint density at radius 3 is 2.05 bits per heavy atom. The molecule has 0 spiro atoms. The van der Waals surface area contributed by atoms with Gasteiger partial charge in [0.2, 0.25) is 0 Å². The average Bonchev–Trinajstić information content (AvgIpc) is 2.30. The van der Waals surface area contributed by atoms with Crippen molar-refractivity contribution in [3.8, 4) is 0 Å². The maximum atomic E-state index is 12.3. The van der Waals surface area contributed by atoms with Crippen molar-refractivity contribution < 1.29 is 4.21 Å². The largest absolute Gasteiger partial charge is 0.259 e. The van der Waals surface area contributed by atoms with E-state index in [0.717, 1.165) is 28.3 Å². The number of hydrogen-bond donors (Lipinski definition) is 0. The molecule has 0 aliphatic heterocycles. The Kier molecular flexibility index (Phi) is 5.64. The van der Waals surface area contributed by atoms with Crippen molar-refractivity contribution in [1.29, 1.82) is 0 Å². The highest BCUT2D eigenvalue weighted by atomic mass is 35.5. The van der Waals surface area contributed by atoms with Gasteiger partial charge in [-0.2, -0.15) is 0 Å². The van der Waals surface area contributed by atoms with E-state index in [1.165, 1.54) is 5.56 Å². The second-order valence-corrected chi connectivity index (χ2v) is 8.83. The summed E-state index contributed by atoms with van der Waals surface area (Å²) in [7, 11) is -0.819. The fourth-order valence-corrected chi connectivity index (χ4v) is 3.50. The predicted octanol–water partition coefficient (Wildman–Crippen LogP) is 5.00. The van der Waals surface area contributed by atoms with E-state index >= 15 is 0 Å². The zero-order valence-corrected chi connectivity index (χ0v) is 14.4. The van der Waals surface area contributed by atoms with Crippen LogP contribution in [0.15, 0.2) is 12.1 Å². The summed E-state index contributed by atoms with van der Waals surface area (Å²) in [5, 5.41) is 0.843. The molecule has 0 saturated heterocycles. The lowest BCUT2D eigenvalue weighted by molar-refractivity contribution is 0.634. The Hall–Kier alpha value is -0.340. The van der Waals surface area contributed by atoms with Gasteiger partial charge in [0, 0.05) is 26.3 Å². The van der Waals surface area contributed by atoms with Gasteiger partial charge in [-0.1, -0.05) is 30.7 Å². The van der Waals surface area contributed by atoms with Crippen molar-refractivity contribution in [3.63, 3.8) is 0 Å². The Bertz CT molecular complexity index is 451. The molecule has 0 fully saturated rings. The first-order valence-electron chi connectivity index (χ1n) is 6.82. The molecule has 0 bridgehead atoms. The van der Waals surface area contributed by atoms with Crippen molar-refractivity contribution in [1.82, 2.24) is 0 Å². The van der Waals surface area contributed by atoms with E-state index in [9.17, 15) is 4.21 Å². The fraction of sp³-hybridized carbons (Fsp3) is 0.625. The van der Waals surface area contributed by atoms with E-state index < -0.39 is 10.8 Å². The molecule has 0 N–H and O–H groups in total. The second kappa shape index (κ2) is 6.41. The van der Waals surface area contributed by atoms with Crippen molar-refractivity contribution in [2.75, 3.05) is 5.75 Å². The number of halogens is 1. The Balaban J connectivity index is 3.02. The maximum absolute atomic E-state index is 12.3. The quantitative estimate of drug-likeness (QED) is 0.765. The van der Waals surface area contributed by atoms with Crippen molar-refractivity contribution in [2.24, 2.45) is 0 Å². The van der Waals surface area contributed by atoms with E-state index in [1.54, 1.807) is 0 Å². The van der Waals surface area contributed by atoms with Crippen LogP contribution in [0.3, 0.4) is 0 Å². The molecular formula is C16H25ClOS. The molecule has 3 heteroatoms. The van der Waals surface area contributed by atoms with Crippen LogP contribution in [-0.4, -0.2) is 14.7 Å². The lowest BCUT2D eigenvalue weighted by Gasteiger charge is -2.23. The predicted molar refractivity (Wildman–Crippen MR) is 86.7 cm³/mol. The van der Waals surface area contributed by atoms with Gasteiger partial charge in [0.1, 0.15) is 0 Å². The van der Waals surface area contributed by atoms with Gasteiger partial charge < -0.3 is 0 Å². The standard InChI is InChI=1S/C16H25ClOS/c1-7-13(10-19(18)16(4,5)6)14-8-11(2)15(17)12(3)9-14/h8-9,13H,7,10H2,1-6H3/t13-,19-/m0/s1. The molecule has 2 atom stereocenters. The molecule has 1 aromatic rings. The van der Waals surface area contributed by atoms with Crippen LogP contribution in [0.2, 0.25) is 5.02 Å². The van der Waals surface area contributed by atoms with Gasteiger partial charge in [-0.05, 0) is 63.6 Å². The molecule has 0 amide bonds. The summed E-state index contributed by atoms with van der Waals surface area (Å²) in [6.45, 7) is 12.3. The molecular weight excluding hydrogens is 276 g/mol. The fourth-order valence-electron chi connectivity index (χ4n) is 2.10. The van der Waals surface area contributed by atoms with Crippen molar-refractivity contribution in [2.45, 2.75) is 58.6 Å². The zero-order chi connectivity index (χ0) is 14.8. The molecule has 108 valence electrons. The summed E-state index contributed by atoms with van der Waals surface area (Å²) in [6, 6.07) is 4.28. The van der Waals surface area contributed by atoms with E-state index in [1.807, 2.05) is 34.6 Å². The van der Waals surface area contributed by atoms with E-state index in [-0.39, 0.29) is 4.75 Å². The first-order chi connectivity index (χ1) is 8.66. The Morgan fingerprint density at radius 1 is 1.21 bits per heavy atom. The van der Waals surface area contributed by atoms with Gasteiger partial charge >= 0.3 is 0 Å². The molecule has 0 aliphatic rings. The van der Waals surface area contributed by atoms with Crippen molar-refractivity contribution in [3.05, 3.63) is 33.8 Å². The van der Waals surface area contributed by atoms with Gasteiger partial charge in [0.25, 0.3) is 0 Å². The maximum Gasteiger partial charge on any atom is 0.0464 e. The molecule has 1 aromatic carbocycles. The number of hydrogen-bond acceptors (Lipinski definition) is 1. The average molecular weight is 301 g/mol. The normalized spacial score (nSPS) is 15.3. The molecule has 1 nitrogen and oxygen atoms in total. The van der Waals surface area contributed by atoms with Crippen LogP contribution in [0.4, 0.5) is 0 Å². The summed E-state index contributed by atoms with van der Waals surface area (Å²) < 4.78 is 12.2. The zero-order valence-electron chi connectivity index (χ0n) is 12.8. The Morgan fingerprint density at radius 2 is 1.68 bits per heavy atom. The first kappa shape index (κ1) is 16.7. The summed E-state index contributed by atoms with van der Waals surface area (Å²) in [5.74, 6) is 1.07. The smallest absolute Gasteiger partial charge is 0.0464 e. The summed E-state index contributed by atoms with van der Waals surface area (Å²) in [4.78, 5) is 0. The Labute approximate surface area is 125 Å². The van der Waals surface area contributed by atoms with Gasteiger partial charge in [-0.3, -0.25) is 4.21 Å². The van der Waals surface area contributed by atoms with Crippen LogP contribution >= 0.6 is 11.6 Å². The minimum Gasteiger partial charge on any atom is -0.259 e. The van der Waals surface area contributed by atoms with E-state index in [0.29, 0.717) is 5.92 Å². The first-order valence-corrected chi connectivity index (χ1v) is 8.51. The summed E-state index contributed by atoms with van der Waals surface area (Å²) in [6.07, 6.45) is 1.00. The van der Waals surface area contributed by atoms with Gasteiger partial charge in [0.05, 0.1) is 0 Å². The molecule has 1 rings (SSSR count). The second-order valence-electron chi connectivity index (χ2n) is 6.20. The summed E-state index contributed by atoms with van der Waals surface area (Å²) >= 11 is 6.22. The molecule has 0 unspecified atom stereocenters. The van der Waals surface area contributed by atoms with E-state index in [4.69, 9.17) is 11.6 Å². The molecule has 0 aromatic heterocycles. The highest BCUT2D eigenvalue weighted by Gasteiger charge is 2.23. The van der Waals surface area contributed by atoms with Gasteiger partial charge in [0.15, 0.2) is 0 Å². The molecule has 19 heavy (non-hydrogen) atoms. The number of rotatable bonds is 4. The van der Waals surface area contributed by atoms with Crippen LogP contribution < -0.4 is 0 Å². The molecule has 0 saturated carbocycles. The van der Waals surface area contributed by atoms with Crippen LogP contribution in [0.25, 0.3) is 0 Å². The minimum absolute atomic E-state index is 0.149. The monoisotopic (exact) mass is 300 g/mol. The summed E-state index contributed by atoms with van der Waals surface area (Å²) in [5.41, 5.74) is 3.48. The third-order valence-corrected chi connectivity index (χ3v) is 6.13. The van der Waals surface area contributed by atoms with Crippen LogP contribution in [-0.2, 0) is 10.8 Å². The lowest BCUT2D eigenvalue weighted by atomic mass is 9.95. The van der Waals surface area contributed by atoms with E-state index in [2.05, 4.69) is 19.1 Å². The third kappa shape index (κ3) is 4.32. The lowest BCUT2D eigenvalue weighted by Crippen LogP contribution is -2.26. The van der Waals surface area contributed by atoms with Crippen LogP contribution in [0.1, 0.15) is 56.7 Å². The number of benzene rings is 1. The minimum atomic E-state index is -0.819. The molecule has 0 heterocycles. The van der Waals surface area contributed by atoms with Crippen molar-refractivity contribution >= 4 is 22.4 Å². The van der Waals surface area contributed by atoms with Crippen LogP contribution in [0.5, 0.6) is 0 Å². The SMILES string of the molecule is CC[C@@H](C[S@](=O)C(C)(C)C)c1cc(C)c(Cl)c(C)c1. The highest BCUT2D eigenvalue weighted by Crippen LogP contribution is 2.29. The topological polar surface area (TPSA) is 17.1 Å². The molecule has 0 radical (unpaired) electrons. The molecule has 0 aliphatic carbocycles. The van der Waals surface area contributed by atoms with Gasteiger partial charge in [-0.25, -0.2) is 0 Å². The third-order valence-electron chi connectivity index (χ3n) is 3.46. The van der Waals surface area contributed by atoms with Gasteiger partial charge in [-0.15, -0.1) is 0 Å². The number of aryl methyl sites for hydroxylation is 2. The highest BCUT2D eigenvalue weighted by molar-refractivity contribution is 7.86.